The molecular formula is C12H16N2O2. The highest BCUT2D eigenvalue weighted by Crippen LogP contribution is 2.25. The van der Waals surface area contributed by atoms with Crippen molar-refractivity contribution in [2.75, 3.05) is 30.3 Å². The fourth-order valence-corrected chi connectivity index (χ4v) is 1.72. The van der Waals surface area contributed by atoms with Crippen molar-refractivity contribution < 1.29 is 9.53 Å². The van der Waals surface area contributed by atoms with Crippen LogP contribution in [0.2, 0.25) is 0 Å². The third-order valence-electron chi connectivity index (χ3n) is 2.75. The Hall–Kier alpha value is -1.71. The molecule has 0 saturated carbocycles. The lowest BCUT2D eigenvalue weighted by Gasteiger charge is -2.33. The number of nitrogens with zero attached hydrogens (tertiary/aromatic N) is 1. The minimum atomic E-state index is -0.352. The number of rotatable bonds is 3. The van der Waals surface area contributed by atoms with Crippen LogP contribution in [0.4, 0.5) is 11.4 Å². The lowest BCUT2D eigenvalue weighted by molar-refractivity contribution is 0.0527. The highest BCUT2D eigenvalue weighted by Gasteiger charge is 2.17. The molecule has 0 spiro atoms. The molecule has 0 atom stereocenters. The number of anilines is 2. The largest absolute Gasteiger partial charge is 0.462 e. The highest BCUT2D eigenvalue weighted by molar-refractivity contribution is 5.95. The molecule has 0 bridgehead atoms. The van der Waals surface area contributed by atoms with E-state index < -0.39 is 0 Å². The van der Waals surface area contributed by atoms with E-state index in [0.29, 0.717) is 17.9 Å². The van der Waals surface area contributed by atoms with Crippen LogP contribution in [0.25, 0.3) is 0 Å². The van der Waals surface area contributed by atoms with E-state index in [9.17, 15) is 4.79 Å². The summed E-state index contributed by atoms with van der Waals surface area (Å²) in [5.41, 5.74) is 7.86. The van der Waals surface area contributed by atoms with Crippen LogP contribution in [0.3, 0.4) is 0 Å². The highest BCUT2D eigenvalue weighted by atomic mass is 16.5. The van der Waals surface area contributed by atoms with Gasteiger partial charge in [0.2, 0.25) is 0 Å². The molecule has 0 aliphatic carbocycles. The second-order valence-electron chi connectivity index (χ2n) is 3.83. The number of ether oxygens (including phenoxy) is 1. The molecule has 1 aromatic rings. The topological polar surface area (TPSA) is 55.6 Å². The molecule has 0 amide bonds. The minimum absolute atomic E-state index is 0.352. The summed E-state index contributed by atoms with van der Waals surface area (Å²) >= 11 is 0. The van der Waals surface area contributed by atoms with Gasteiger partial charge >= 0.3 is 5.97 Å². The SMILES string of the molecule is CCOC(=O)c1ccc(N2CCC2)cc1N. The first kappa shape index (κ1) is 10.8. The Morgan fingerprint density at radius 1 is 1.50 bits per heavy atom. The lowest BCUT2D eigenvalue weighted by Crippen LogP contribution is -2.37. The first-order chi connectivity index (χ1) is 7.72. The normalized spacial score (nSPS) is 14.4. The van der Waals surface area contributed by atoms with Gasteiger partial charge < -0.3 is 15.4 Å². The molecule has 0 radical (unpaired) electrons. The molecule has 0 aromatic heterocycles. The van der Waals surface area contributed by atoms with Gasteiger partial charge in [-0.1, -0.05) is 0 Å². The maximum Gasteiger partial charge on any atom is 0.340 e. The van der Waals surface area contributed by atoms with E-state index in [0.717, 1.165) is 18.8 Å². The van der Waals surface area contributed by atoms with Crippen LogP contribution in [0, 0.1) is 0 Å². The average Bonchev–Trinajstić information content (AvgIpc) is 2.15. The van der Waals surface area contributed by atoms with Crippen molar-refractivity contribution in [1.29, 1.82) is 0 Å². The third-order valence-corrected chi connectivity index (χ3v) is 2.75. The average molecular weight is 220 g/mol. The Labute approximate surface area is 95.0 Å². The Balaban J connectivity index is 2.18. The Morgan fingerprint density at radius 3 is 2.75 bits per heavy atom. The van der Waals surface area contributed by atoms with E-state index in [-0.39, 0.29) is 5.97 Å². The summed E-state index contributed by atoms with van der Waals surface area (Å²) in [6.45, 7) is 4.28. The molecule has 1 fully saturated rings. The Bertz CT molecular complexity index is 400. The van der Waals surface area contributed by atoms with Crippen molar-refractivity contribution in [2.24, 2.45) is 0 Å². The van der Waals surface area contributed by atoms with Crippen LogP contribution in [0.5, 0.6) is 0 Å². The summed E-state index contributed by atoms with van der Waals surface area (Å²) in [4.78, 5) is 13.7. The van der Waals surface area contributed by atoms with Gasteiger partial charge in [0.05, 0.1) is 12.2 Å². The number of esters is 1. The maximum atomic E-state index is 11.5. The molecule has 86 valence electrons. The maximum absolute atomic E-state index is 11.5. The van der Waals surface area contributed by atoms with Crippen LogP contribution in [-0.2, 0) is 4.74 Å². The van der Waals surface area contributed by atoms with Crippen LogP contribution in [0.15, 0.2) is 18.2 Å². The number of hydrogen-bond donors (Lipinski definition) is 1. The Morgan fingerprint density at radius 2 is 2.25 bits per heavy atom. The zero-order valence-corrected chi connectivity index (χ0v) is 9.40. The lowest BCUT2D eigenvalue weighted by atomic mass is 10.1. The second-order valence-corrected chi connectivity index (χ2v) is 3.83. The van der Waals surface area contributed by atoms with Crippen LogP contribution >= 0.6 is 0 Å². The summed E-state index contributed by atoms with van der Waals surface area (Å²) in [7, 11) is 0. The van der Waals surface area contributed by atoms with E-state index in [1.807, 2.05) is 12.1 Å². The van der Waals surface area contributed by atoms with Gasteiger partial charge in [0.25, 0.3) is 0 Å². The van der Waals surface area contributed by atoms with Crippen molar-refractivity contribution in [3.05, 3.63) is 23.8 Å². The molecule has 1 aliphatic heterocycles. The van der Waals surface area contributed by atoms with Crippen LogP contribution in [0.1, 0.15) is 23.7 Å². The van der Waals surface area contributed by atoms with Crippen molar-refractivity contribution in [2.45, 2.75) is 13.3 Å². The predicted molar refractivity (Wildman–Crippen MR) is 63.6 cm³/mol. The van der Waals surface area contributed by atoms with E-state index in [4.69, 9.17) is 10.5 Å². The quantitative estimate of drug-likeness (QED) is 0.621. The summed E-state index contributed by atoms with van der Waals surface area (Å²) in [5.74, 6) is -0.352. The minimum Gasteiger partial charge on any atom is -0.462 e. The van der Waals surface area contributed by atoms with E-state index >= 15 is 0 Å². The fourth-order valence-electron chi connectivity index (χ4n) is 1.72. The van der Waals surface area contributed by atoms with E-state index in [1.165, 1.54) is 6.42 Å². The molecule has 2 N–H and O–H groups in total. The predicted octanol–water partition coefficient (Wildman–Crippen LogP) is 1.66. The van der Waals surface area contributed by atoms with E-state index in [2.05, 4.69) is 4.90 Å². The molecule has 0 unspecified atom stereocenters. The summed E-state index contributed by atoms with van der Waals surface area (Å²) in [5, 5.41) is 0. The monoisotopic (exact) mass is 220 g/mol. The number of carbonyl (C=O) groups is 1. The number of nitrogen functional groups attached to an aromatic ring is 1. The van der Waals surface area contributed by atoms with Crippen molar-refractivity contribution >= 4 is 17.3 Å². The first-order valence-corrected chi connectivity index (χ1v) is 5.54. The number of carbonyl (C=O) groups excluding carboxylic acids is 1. The van der Waals surface area contributed by atoms with Gasteiger partial charge in [-0.3, -0.25) is 0 Å². The molecule has 1 aliphatic rings. The molecule has 1 heterocycles. The number of hydrogen-bond acceptors (Lipinski definition) is 4. The zero-order valence-electron chi connectivity index (χ0n) is 9.40. The second kappa shape index (κ2) is 4.43. The number of nitrogens with two attached hydrogens (primary N) is 1. The summed E-state index contributed by atoms with van der Waals surface area (Å²) in [6.07, 6.45) is 1.22. The van der Waals surface area contributed by atoms with Gasteiger partial charge in [-0.2, -0.15) is 0 Å². The van der Waals surface area contributed by atoms with Crippen molar-refractivity contribution in [3.8, 4) is 0 Å². The third kappa shape index (κ3) is 1.96. The number of benzene rings is 1. The molecular weight excluding hydrogens is 204 g/mol. The molecule has 4 heteroatoms. The van der Waals surface area contributed by atoms with E-state index in [1.54, 1.807) is 13.0 Å². The van der Waals surface area contributed by atoms with Crippen molar-refractivity contribution in [1.82, 2.24) is 0 Å². The van der Waals surface area contributed by atoms with Gasteiger partial charge in [0.1, 0.15) is 0 Å². The summed E-state index contributed by atoms with van der Waals surface area (Å²) < 4.78 is 4.92. The van der Waals surface area contributed by atoms with Gasteiger partial charge in [0, 0.05) is 24.5 Å². The van der Waals surface area contributed by atoms with Gasteiger partial charge in [-0.15, -0.1) is 0 Å². The van der Waals surface area contributed by atoms with Gasteiger partial charge in [-0.25, -0.2) is 4.79 Å². The molecule has 4 nitrogen and oxygen atoms in total. The first-order valence-electron chi connectivity index (χ1n) is 5.54. The van der Waals surface area contributed by atoms with Crippen LogP contribution in [-0.4, -0.2) is 25.7 Å². The fraction of sp³-hybridized carbons (Fsp3) is 0.417. The zero-order chi connectivity index (χ0) is 11.5. The van der Waals surface area contributed by atoms with Gasteiger partial charge in [0.15, 0.2) is 0 Å². The molecule has 1 aromatic carbocycles. The standard InChI is InChI=1S/C12H16N2O2/c1-2-16-12(15)10-5-4-9(8-11(10)13)14-6-3-7-14/h4-5,8H,2-3,6-7,13H2,1H3. The van der Waals surface area contributed by atoms with Crippen LogP contribution < -0.4 is 10.6 Å². The van der Waals surface area contributed by atoms with Crippen molar-refractivity contribution in [3.63, 3.8) is 0 Å². The molecule has 16 heavy (non-hydrogen) atoms. The Kier molecular flexibility index (Phi) is 2.99. The molecule has 1 saturated heterocycles. The molecule has 2 rings (SSSR count). The smallest absolute Gasteiger partial charge is 0.340 e. The van der Waals surface area contributed by atoms with Gasteiger partial charge in [-0.05, 0) is 31.5 Å². The summed E-state index contributed by atoms with van der Waals surface area (Å²) in [6, 6.07) is 5.49.